The van der Waals surface area contributed by atoms with E-state index < -0.39 is 46.4 Å². The number of nitrogens with zero attached hydrogens (tertiary/aromatic N) is 2. The number of aromatic nitrogens is 2. The number of aliphatic hydroxyl groups is 1. The van der Waals surface area contributed by atoms with Crippen LogP contribution in [0.2, 0.25) is 0 Å². The molecule has 0 aliphatic carbocycles. The van der Waals surface area contributed by atoms with Crippen molar-refractivity contribution in [2.24, 2.45) is 0 Å². The highest BCUT2D eigenvalue weighted by molar-refractivity contribution is 8.00. The quantitative estimate of drug-likeness (QED) is 0.524. The maximum absolute atomic E-state index is 12.3. The van der Waals surface area contributed by atoms with E-state index in [4.69, 9.17) is 14.2 Å². The molecule has 3 rings (SSSR count). The summed E-state index contributed by atoms with van der Waals surface area (Å²) in [6.07, 6.45) is 0.485. The highest BCUT2D eigenvalue weighted by Crippen LogP contribution is 2.54. The van der Waals surface area contributed by atoms with Gasteiger partial charge < -0.3 is 19.3 Å². The molecule has 0 bridgehead atoms. The molecule has 1 unspecified atom stereocenters. The molecule has 0 radical (unpaired) electrons. The summed E-state index contributed by atoms with van der Waals surface area (Å²) in [5.74, 6) is -2.09. The predicted octanol–water partition coefficient (Wildman–Crippen LogP) is 2.21. The van der Waals surface area contributed by atoms with Crippen LogP contribution in [0.25, 0.3) is 0 Å². The van der Waals surface area contributed by atoms with Gasteiger partial charge in [-0.25, -0.2) is 0 Å². The minimum atomic E-state index is -1.91. The molecular formula is C22H24N2O7S. The van der Waals surface area contributed by atoms with Gasteiger partial charge in [0.2, 0.25) is 5.60 Å². The summed E-state index contributed by atoms with van der Waals surface area (Å²) >= 11 is 1.02. The molecule has 0 spiro atoms. The van der Waals surface area contributed by atoms with Crippen molar-refractivity contribution in [1.82, 2.24) is 9.97 Å². The van der Waals surface area contributed by atoms with Gasteiger partial charge in [0, 0.05) is 38.9 Å². The molecule has 1 aliphatic heterocycles. The molecule has 10 heteroatoms. The Hall–Kier alpha value is -2.98. The van der Waals surface area contributed by atoms with E-state index in [1.165, 1.54) is 27.0 Å². The predicted molar refractivity (Wildman–Crippen MR) is 114 cm³/mol. The number of esters is 3. The molecule has 1 N–H and O–H groups in total. The number of rotatable bonds is 5. The van der Waals surface area contributed by atoms with Crippen LogP contribution in [-0.2, 0) is 34.2 Å². The first kappa shape index (κ1) is 23.7. The molecule has 2 aromatic rings. The summed E-state index contributed by atoms with van der Waals surface area (Å²) in [6.45, 7) is 5.35. The number of carbonyl (C=O) groups is 3. The Labute approximate surface area is 189 Å². The molecule has 1 fully saturated rings. The van der Waals surface area contributed by atoms with Crippen LogP contribution in [0.15, 0.2) is 42.7 Å². The molecule has 170 valence electrons. The van der Waals surface area contributed by atoms with E-state index in [1.54, 1.807) is 43.5 Å². The van der Waals surface area contributed by atoms with Gasteiger partial charge in [-0.1, -0.05) is 12.1 Å². The number of thioether (sulfide) groups is 1. The third-order valence-electron chi connectivity index (χ3n) is 4.98. The molecular weight excluding hydrogens is 436 g/mol. The normalized spacial score (nSPS) is 27.3. The van der Waals surface area contributed by atoms with Crippen molar-refractivity contribution in [3.63, 3.8) is 0 Å². The van der Waals surface area contributed by atoms with Gasteiger partial charge in [-0.15, -0.1) is 11.8 Å². The van der Waals surface area contributed by atoms with Crippen LogP contribution in [0, 0.1) is 6.92 Å². The number of aryl methyl sites for hydroxylation is 1. The van der Waals surface area contributed by atoms with Crippen molar-refractivity contribution in [2.45, 2.75) is 56.2 Å². The number of carbonyl (C=O) groups excluding carboxylic acids is 3. The number of hydrogen-bond donors (Lipinski definition) is 1. The second-order valence-corrected chi connectivity index (χ2v) is 8.55. The Balaban J connectivity index is 2.33. The summed E-state index contributed by atoms with van der Waals surface area (Å²) in [4.78, 5) is 45.2. The van der Waals surface area contributed by atoms with Crippen molar-refractivity contribution in [1.29, 1.82) is 0 Å². The van der Waals surface area contributed by atoms with Gasteiger partial charge in [0.15, 0.2) is 12.2 Å². The summed E-state index contributed by atoms with van der Waals surface area (Å²) in [7, 11) is 0. The lowest BCUT2D eigenvalue weighted by molar-refractivity contribution is -0.229. The summed E-state index contributed by atoms with van der Waals surface area (Å²) in [5, 5.41) is 10.4. The van der Waals surface area contributed by atoms with Gasteiger partial charge in [0.05, 0.1) is 10.9 Å². The smallest absolute Gasteiger partial charge is 0.303 e. The second-order valence-electron chi connectivity index (χ2n) is 7.29. The molecule has 32 heavy (non-hydrogen) atoms. The zero-order chi connectivity index (χ0) is 23.5. The standard InChI is InChI=1S/C22H24N2O7S/c1-12-16(8-7-11-23-12)18-19(29-13(2)25)22(31-15(4)27,17-9-5-6-10-24-17)20(21(28)32-18)30-14(3)26/h5-11,18-21,28H,1-4H3/t18?,19-,20+,21-,22+/m1/s1. The first-order valence-electron chi connectivity index (χ1n) is 9.87. The van der Waals surface area contributed by atoms with Crippen molar-refractivity contribution in [2.75, 3.05) is 0 Å². The zero-order valence-corrected chi connectivity index (χ0v) is 18.9. The van der Waals surface area contributed by atoms with E-state index >= 15 is 0 Å². The molecule has 3 heterocycles. The number of pyridine rings is 2. The molecule has 0 saturated carbocycles. The lowest BCUT2D eigenvalue weighted by atomic mass is 9.81. The van der Waals surface area contributed by atoms with Crippen LogP contribution in [0.4, 0.5) is 0 Å². The molecule has 1 aliphatic rings. The minimum absolute atomic E-state index is 0.165. The van der Waals surface area contributed by atoms with Crippen molar-refractivity contribution >= 4 is 29.7 Å². The van der Waals surface area contributed by atoms with Crippen LogP contribution in [0.1, 0.15) is 43.0 Å². The third-order valence-corrected chi connectivity index (χ3v) is 6.30. The first-order valence-corrected chi connectivity index (χ1v) is 10.8. The van der Waals surface area contributed by atoms with Crippen LogP contribution >= 0.6 is 11.8 Å². The van der Waals surface area contributed by atoms with Gasteiger partial charge in [0.1, 0.15) is 5.44 Å². The van der Waals surface area contributed by atoms with Crippen LogP contribution in [-0.4, -0.2) is 50.6 Å². The molecule has 1 saturated heterocycles. The number of hydrogen-bond acceptors (Lipinski definition) is 10. The molecule has 5 atom stereocenters. The van der Waals surface area contributed by atoms with Crippen molar-refractivity contribution < 1.29 is 33.7 Å². The fraction of sp³-hybridized carbons (Fsp3) is 0.409. The lowest BCUT2D eigenvalue weighted by Crippen LogP contribution is -2.63. The Kier molecular flexibility index (Phi) is 7.15. The number of ether oxygens (including phenoxy) is 3. The minimum Gasteiger partial charge on any atom is -0.456 e. The SMILES string of the molecule is CC(=O)O[C@@H]1C(c2cccnc2C)S[C@@H](O)[C@H](OC(C)=O)[C@]1(OC(C)=O)c1ccccn1. The topological polar surface area (TPSA) is 125 Å². The summed E-state index contributed by atoms with van der Waals surface area (Å²) in [6, 6.07) is 8.37. The number of aliphatic hydroxyl groups excluding tert-OH is 1. The molecule has 0 amide bonds. The van der Waals surface area contributed by atoms with Crippen LogP contribution < -0.4 is 0 Å². The molecule has 2 aromatic heterocycles. The van der Waals surface area contributed by atoms with Gasteiger partial charge in [-0.3, -0.25) is 24.4 Å². The maximum Gasteiger partial charge on any atom is 0.303 e. The van der Waals surface area contributed by atoms with Gasteiger partial charge >= 0.3 is 17.9 Å². The lowest BCUT2D eigenvalue weighted by Gasteiger charge is -2.50. The first-order chi connectivity index (χ1) is 15.2. The summed E-state index contributed by atoms with van der Waals surface area (Å²) < 4.78 is 17.0. The van der Waals surface area contributed by atoms with E-state index in [1.807, 2.05) is 0 Å². The van der Waals surface area contributed by atoms with Crippen LogP contribution in [0.5, 0.6) is 0 Å². The van der Waals surface area contributed by atoms with Crippen LogP contribution in [0.3, 0.4) is 0 Å². The monoisotopic (exact) mass is 460 g/mol. The van der Waals surface area contributed by atoms with E-state index in [0.717, 1.165) is 11.8 Å². The van der Waals surface area contributed by atoms with Gasteiger partial charge in [-0.05, 0) is 30.7 Å². The third kappa shape index (κ3) is 4.61. The molecule has 0 aromatic carbocycles. The van der Waals surface area contributed by atoms with E-state index in [0.29, 0.717) is 11.3 Å². The van der Waals surface area contributed by atoms with E-state index in [2.05, 4.69) is 9.97 Å². The van der Waals surface area contributed by atoms with Crippen molar-refractivity contribution in [3.8, 4) is 0 Å². The fourth-order valence-electron chi connectivity index (χ4n) is 3.87. The highest BCUT2D eigenvalue weighted by Gasteiger charge is 2.64. The Morgan fingerprint density at radius 2 is 1.59 bits per heavy atom. The van der Waals surface area contributed by atoms with Crippen molar-refractivity contribution in [3.05, 3.63) is 59.7 Å². The fourth-order valence-corrected chi connectivity index (χ4v) is 5.37. The largest absolute Gasteiger partial charge is 0.456 e. The average molecular weight is 461 g/mol. The summed E-state index contributed by atoms with van der Waals surface area (Å²) in [5.41, 5.74) is -1.79. The van der Waals surface area contributed by atoms with Gasteiger partial charge in [-0.2, -0.15) is 0 Å². The van der Waals surface area contributed by atoms with E-state index in [9.17, 15) is 19.5 Å². The zero-order valence-electron chi connectivity index (χ0n) is 18.1. The molecule has 9 nitrogen and oxygen atoms in total. The Morgan fingerprint density at radius 3 is 2.16 bits per heavy atom. The highest BCUT2D eigenvalue weighted by atomic mass is 32.2. The van der Waals surface area contributed by atoms with E-state index in [-0.39, 0.29) is 5.69 Å². The Bertz CT molecular complexity index is 1000. The Morgan fingerprint density at radius 1 is 0.938 bits per heavy atom. The second kappa shape index (κ2) is 9.66. The van der Waals surface area contributed by atoms with Gasteiger partial charge in [0.25, 0.3) is 0 Å². The maximum atomic E-state index is 12.3. The average Bonchev–Trinajstić information content (AvgIpc) is 2.73.